The number of carbonyl (C=O) groups is 1. The third-order valence-electron chi connectivity index (χ3n) is 2.77. The molecule has 0 unspecified atom stereocenters. The Morgan fingerprint density at radius 3 is 2.59 bits per heavy atom. The number of aliphatic hydroxyl groups excluding tert-OH is 1. The Balaban J connectivity index is 2.13. The number of benzene rings is 1. The summed E-state index contributed by atoms with van der Waals surface area (Å²) in [6, 6.07) is 4.47. The predicted molar refractivity (Wildman–Crippen MR) is 59.6 cm³/mol. The summed E-state index contributed by atoms with van der Waals surface area (Å²) >= 11 is 0. The van der Waals surface area contributed by atoms with Crippen molar-refractivity contribution < 1.29 is 24.5 Å². The van der Waals surface area contributed by atoms with Crippen molar-refractivity contribution in [2.45, 2.75) is 25.0 Å². The standard InChI is InChI=1S/C12H14O5/c1-16-11-4-7(12(14)15)2-3-10(11)17-9-5-8(13)6-9/h2-4,8-9,13H,5-6H2,1H3,(H,14,15). The van der Waals surface area contributed by atoms with Crippen LogP contribution < -0.4 is 9.47 Å². The van der Waals surface area contributed by atoms with Crippen LogP contribution >= 0.6 is 0 Å². The van der Waals surface area contributed by atoms with Crippen LogP contribution in [0.3, 0.4) is 0 Å². The summed E-state index contributed by atoms with van der Waals surface area (Å²) in [6.07, 6.45) is 0.895. The molecule has 2 N–H and O–H groups in total. The van der Waals surface area contributed by atoms with Gasteiger partial charge in [-0.1, -0.05) is 0 Å². The average molecular weight is 238 g/mol. The van der Waals surface area contributed by atoms with Crippen LogP contribution in [0.1, 0.15) is 23.2 Å². The molecular weight excluding hydrogens is 224 g/mol. The number of hydrogen-bond acceptors (Lipinski definition) is 4. The molecule has 0 bridgehead atoms. The highest BCUT2D eigenvalue weighted by atomic mass is 16.5. The Kier molecular flexibility index (Phi) is 3.19. The summed E-state index contributed by atoms with van der Waals surface area (Å²) in [7, 11) is 1.46. The predicted octanol–water partition coefficient (Wildman–Crippen LogP) is 1.30. The lowest BCUT2D eigenvalue weighted by Crippen LogP contribution is -2.37. The van der Waals surface area contributed by atoms with Crippen LogP contribution in [0.4, 0.5) is 0 Å². The summed E-state index contributed by atoms with van der Waals surface area (Å²) in [5, 5.41) is 18.0. The van der Waals surface area contributed by atoms with Crippen molar-refractivity contribution in [3.05, 3.63) is 23.8 Å². The van der Waals surface area contributed by atoms with Gasteiger partial charge in [-0.3, -0.25) is 0 Å². The van der Waals surface area contributed by atoms with E-state index in [4.69, 9.17) is 19.7 Å². The molecule has 0 atom stereocenters. The largest absolute Gasteiger partial charge is 0.493 e. The van der Waals surface area contributed by atoms with Crippen molar-refractivity contribution in [2.75, 3.05) is 7.11 Å². The van der Waals surface area contributed by atoms with Gasteiger partial charge in [0.2, 0.25) is 0 Å². The topological polar surface area (TPSA) is 76.0 Å². The van der Waals surface area contributed by atoms with Crippen LogP contribution in [0.15, 0.2) is 18.2 Å². The van der Waals surface area contributed by atoms with E-state index in [1.165, 1.54) is 19.2 Å². The summed E-state index contributed by atoms with van der Waals surface area (Å²) in [4.78, 5) is 10.8. The van der Waals surface area contributed by atoms with E-state index in [1.807, 2.05) is 0 Å². The van der Waals surface area contributed by atoms with E-state index in [2.05, 4.69) is 0 Å². The first-order chi connectivity index (χ1) is 8.10. The summed E-state index contributed by atoms with van der Waals surface area (Å²) in [5.41, 5.74) is 0.155. The number of aromatic carboxylic acids is 1. The lowest BCUT2D eigenvalue weighted by Gasteiger charge is -2.32. The van der Waals surface area contributed by atoms with Crippen molar-refractivity contribution in [3.63, 3.8) is 0 Å². The van der Waals surface area contributed by atoms with E-state index in [9.17, 15) is 4.79 Å². The number of methoxy groups -OCH3 is 1. The Bertz CT molecular complexity index is 423. The SMILES string of the molecule is COc1cc(C(=O)O)ccc1OC1CC(O)C1. The number of aliphatic hydroxyl groups is 1. The third kappa shape index (κ3) is 2.50. The van der Waals surface area contributed by atoms with Crippen molar-refractivity contribution >= 4 is 5.97 Å². The highest BCUT2D eigenvalue weighted by Crippen LogP contribution is 2.33. The maximum absolute atomic E-state index is 10.8. The zero-order valence-corrected chi connectivity index (χ0v) is 9.42. The van der Waals surface area contributed by atoms with Gasteiger partial charge in [0.15, 0.2) is 11.5 Å². The van der Waals surface area contributed by atoms with E-state index in [0.717, 1.165) is 0 Å². The second-order valence-corrected chi connectivity index (χ2v) is 4.04. The summed E-state index contributed by atoms with van der Waals surface area (Å²) in [6.45, 7) is 0. The Labute approximate surface area is 98.6 Å². The lowest BCUT2D eigenvalue weighted by molar-refractivity contribution is -0.0118. The van der Waals surface area contributed by atoms with Crippen molar-refractivity contribution in [2.24, 2.45) is 0 Å². The molecule has 0 aromatic heterocycles. The molecule has 1 aromatic rings. The minimum absolute atomic E-state index is 0.0189. The third-order valence-corrected chi connectivity index (χ3v) is 2.77. The molecule has 0 radical (unpaired) electrons. The van der Waals surface area contributed by atoms with Crippen LogP contribution in [0.25, 0.3) is 0 Å². The van der Waals surface area contributed by atoms with Crippen LogP contribution in [0.5, 0.6) is 11.5 Å². The Morgan fingerprint density at radius 2 is 2.06 bits per heavy atom. The van der Waals surface area contributed by atoms with Gasteiger partial charge in [-0.05, 0) is 18.2 Å². The molecule has 17 heavy (non-hydrogen) atoms. The first-order valence-corrected chi connectivity index (χ1v) is 5.36. The monoisotopic (exact) mass is 238 g/mol. The molecular formula is C12H14O5. The van der Waals surface area contributed by atoms with E-state index in [1.54, 1.807) is 6.07 Å². The molecule has 0 aliphatic heterocycles. The fourth-order valence-electron chi connectivity index (χ4n) is 1.71. The van der Waals surface area contributed by atoms with E-state index >= 15 is 0 Å². The molecule has 0 heterocycles. The number of carboxylic acid groups (broad SMARTS) is 1. The Morgan fingerprint density at radius 1 is 1.35 bits per heavy atom. The van der Waals surface area contributed by atoms with Gasteiger partial charge in [-0.25, -0.2) is 4.79 Å². The molecule has 0 saturated heterocycles. The van der Waals surface area contributed by atoms with Crippen molar-refractivity contribution in [1.29, 1.82) is 0 Å². The molecule has 1 aliphatic rings. The fraction of sp³-hybridized carbons (Fsp3) is 0.417. The maximum atomic E-state index is 10.8. The molecule has 0 amide bonds. The second kappa shape index (κ2) is 4.63. The van der Waals surface area contributed by atoms with Gasteiger partial charge < -0.3 is 19.7 Å². The normalized spacial score (nSPS) is 22.7. The minimum atomic E-state index is -1.01. The molecule has 5 heteroatoms. The summed E-state index contributed by atoms with van der Waals surface area (Å²) < 4.78 is 10.7. The zero-order valence-electron chi connectivity index (χ0n) is 9.42. The highest BCUT2D eigenvalue weighted by molar-refractivity contribution is 5.88. The maximum Gasteiger partial charge on any atom is 0.335 e. The van der Waals surface area contributed by atoms with Crippen molar-refractivity contribution in [1.82, 2.24) is 0 Å². The Hall–Kier alpha value is -1.75. The number of ether oxygens (including phenoxy) is 2. The van der Waals surface area contributed by atoms with E-state index in [0.29, 0.717) is 24.3 Å². The molecule has 1 aliphatic carbocycles. The zero-order chi connectivity index (χ0) is 12.4. The minimum Gasteiger partial charge on any atom is -0.493 e. The van der Waals surface area contributed by atoms with Crippen LogP contribution in [-0.4, -0.2) is 35.5 Å². The van der Waals surface area contributed by atoms with Gasteiger partial charge in [0.1, 0.15) is 6.10 Å². The number of hydrogen-bond donors (Lipinski definition) is 2. The highest BCUT2D eigenvalue weighted by Gasteiger charge is 2.29. The van der Waals surface area contributed by atoms with Gasteiger partial charge in [0, 0.05) is 12.8 Å². The van der Waals surface area contributed by atoms with Gasteiger partial charge in [-0.2, -0.15) is 0 Å². The van der Waals surface area contributed by atoms with Gasteiger partial charge in [-0.15, -0.1) is 0 Å². The molecule has 1 aromatic carbocycles. The van der Waals surface area contributed by atoms with Crippen molar-refractivity contribution in [3.8, 4) is 11.5 Å². The molecule has 0 spiro atoms. The number of rotatable bonds is 4. The fourth-order valence-corrected chi connectivity index (χ4v) is 1.71. The quantitative estimate of drug-likeness (QED) is 0.826. The first kappa shape index (κ1) is 11.7. The molecule has 92 valence electrons. The van der Waals surface area contributed by atoms with Gasteiger partial charge >= 0.3 is 5.97 Å². The van der Waals surface area contributed by atoms with E-state index < -0.39 is 5.97 Å². The summed E-state index contributed by atoms with van der Waals surface area (Å²) in [5.74, 6) is -0.102. The first-order valence-electron chi connectivity index (χ1n) is 5.36. The molecule has 2 rings (SSSR count). The lowest BCUT2D eigenvalue weighted by atomic mass is 9.92. The second-order valence-electron chi connectivity index (χ2n) is 4.04. The van der Waals surface area contributed by atoms with Gasteiger partial charge in [0.05, 0.1) is 18.8 Å². The average Bonchev–Trinajstić information content (AvgIpc) is 2.27. The van der Waals surface area contributed by atoms with E-state index in [-0.39, 0.29) is 17.8 Å². The smallest absolute Gasteiger partial charge is 0.335 e. The van der Waals surface area contributed by atoms with Crippen LogP contribution in [0, 0.1) is 0 Å². The molecule has 1 fully saturated rings. The van der Waals surface area contributed by atoms with Gasteiger partial charge in [0.25, 0.3) is 0 Å². The molecule has 1 saturated carbocycles. The molecule has 5 nitrogen and oxygen atoms in total. The van der Waals surface area contributed by atoms with Crippen LogP contribution in [0.2, 0.25) is 0 Å². The number of carboxylic acids is 1. The van der Waals surface area contributed by atoms with Crippen LogP contribution in [-0.2, 0) is 0 Å².